The van der Waals surface area contributed by atoms with Crippen LogP contribution in [-0.4, -0.2) is 35.9 Å². The lowest BCUT2D eigenvalue weighted by Gasteiger charge is -2.32. The van der Waals surface area contributed by atoms with Crippen LogP contribution in [0.3, 0.4) is 0 Å². The summed E-state index contributed by atoms with van der Waals surface area (Å²) in [6, 6.07) is 14.5. The fourth-order valence-electron chi connectivity index (χ4n) is 4.22. The van der Waals surface area contributed by atoms with Crippen molar-refractivity contribution in [2.24, 2.45) is 0 Å². The van der Waals surface area contributed by atoms with E-state index in [0.717, 1.165) is 30.6 Å². The van der Waals surface area contributed by atoms with E-state index in [2.05, 4.69) is 10.3 Å². The summed E-state index contributed by atoms with van der Waals surface area (Å²) in [5, 5.41) is 5.07. The summed E-state index contributed by atoms with van der Waals surface area (Å²) < 4.78 is 4.79. The number of aromatic nitrogens is 1. The first kappa shape index (κ1) is 23.6. The van der Waals surface area contributed by atoms with Gasteiger partial charge in [-0.05, 0) is 60.7 Å². The van der Waals surface area contributed by atoms with Crippen LogP contribution in [0.4, 0.5) is 5.69 Å². The first-order valence-electron chi connectivity index (χ1n) is 11.3. The van der Waals surface area contributed by atoms with Gasteiger partial charge in [0.15, 0.2) is 6.04 Å². The summed E-state index contributed by atoms with van der Waals surface area (Å²) in [7, 11) is 1.32. The van der Waals surface area contributed by atoms with Crippen molar-refractivity contribution in [3.05, 3.63) is 82.3 Å². The SMILES string of the molecule is COC(=O)c1ccc(N(C(=O)c2ccccn2)[C@@H](C(=O)NC2CCCCC2)c2cccs2)cc1. The molecule has 0 saturated heterocycles. The predicted molar refractivity (Wildman–Crippen MR) is 131 cm³/mol. The van der Waals surface area contributed by atoms with Crippen molar-refractivity contribution in [2.45, 2.75) is 44.2 Å². The van der Waals surface area contributed by atoms with Gasteiger partial charge in [-0.3, -0.25) is 19.5 Å². The third-order valence-electron chi connectivity index (χ3n) is 5.94. The Balaban J connectivity index is 1.75. The molecule has 0 unspecified atom stereocenters. The van der Waals surface area contributed by atoms with Gasteiger partial charge < -0.3 is 10.1 Å². The number of anilines is 1. The number of hydrogen-bond acceptors (Lipinski definition) is 6. The van der Waals surface area contributed by atoms with Crippen molar-refractivity contribution in [3.63, 3.8) is 0 Å². The molecule has 0 aliphatic heterocycles. The highest BCUT2D eigenvalue weighted by molar-refractivity contribution is 7.10. The summed E-state index contributed by atoms with van der Waals surface area (Å²) in [5.41, 5.74) is 1.07. The Morgan fingerprint density at radius 3 is 2.41 bits per heavy atom. The zero-order valence-electron chi connectivity index (χ0n) is 19.0. The molecule has 1 aromatic carbocycles. The van der Waals surface area contributed by atoms with E-state index >= 15 is 0 Å². The highest BCUT2D eigenvalue weighted by Crippen LogP contribution is 2.33. The minimum Gasteiger partial charge on any atom is -0.465 e. The van der Waals surface area contributed by atoms with Gasteiger partial charge in [0.2, 0.25) is 5.91 Å². The maximum Gasteiger partial charge on any atom is 0.337 e. The number of hydrogen-bond donors (Lipinski definition) is 1. The van der Waals surface area contributed by atoms with Gasteiger partial charge in [-0.1, -0.05) is 31.4 Å². The zero-order chi connectivity index (χ0) is 23.9. The van der Waals surface area contributed by atoms with E-state index < -0.39 is 17.9 Å². The molecule has 1 N–H and O–H groups in total. The van der Waals surface area contributed by atoms with Gasteiger partial charge >= 0.3 is 5.97 Å². The number of pyridine rings is 1. The second kappa shape index (κ2) is 11.1. The Morgan fingerprint density at radius 2 is 1.79 bits per heavy atom. The fraction of sp³-hybridized carbons (Fsp3) is 0.308. The molecule has 34 heavy (non-hydrogen) atoms. The Hall–Kier alpha value is -3.52. The monoisotopic (exact) mass is 477 g/mol. The third-order valence-corrected chi connectivity index (χ3v) is 6.86. The molecule has 176 valence electrons. The van der Waals surface area contributed by atoms with E-state index in [1.165, 1.54) is 29.8 Å². The molecule has 0 radical (unpaired) electrons. The number of esters is 1. The lowest BCUT2D eigenvalue weighted by atomic mass is 9.95. The summed E-state index contributed by atoms with van der Waals surface area (Å²) in [6.07, 6.45) is 6.77. The largest absolute Gasteiger partial charge is 0.465 e. The van der Waals surface area contributed by atoms with Crippen LogP contribution in [0.2, 0.25) is 0 Å². The summed E-state index contributed by atoms with van der Waals surface area (Å²) in [5.74, 6) is -1.10. The number of carbonyl (C=O) groups is 3. The van der Waals surface area contributed by atoms with Crippen molar-refractivity contribution in [1.29, 1.82) is 0 Å². The van der Waals surface area contributed by atoms with Crippen LogP contribution in [0.1, 0.15) is 63.9 Å². The van der Waals surface area contributed by atoms with Crippen molar-refractivity contribution in [3.8, 4) is 0 Å². The number of carbonyl (C=O) groups excluding carboxylic acids is 3. The minimum atomic E-state index is -0.875. The number of amides is 2. The highest BCUT2D eigenvalue weighted by atomic mass is 32.1. The van der Waals surface area contributed by atoms with Crippen LogP contribution in [0.25, 0.3) is 0 Å². The van der Waals surface area contributed by atoms with E-state index in [1.54, 1.807) is 48.7 Å². The lowest BCUT2D eigenvalue weighted by Crippen LogP contribution is -2.47. The van der Waals surface area contributed by atoms with E-state index in [1.807, 2.05) is 17.5 Å². The van der Waals surface area contributed by atoms with Gasteiger partial charge in [0.25, 0.3) is 5.91 Å². The third kappa shape index (κ3) is 5.34. The number of nitrogens with one attached hydrogen (secondary N) is 1. The molecule has 1 saturated carbocycles. The van der Waals surface area contributed by atoms with Crippen LogP contribution in [0.5, 0.6) is 0 Å². The molecule has 2 aromatic heterocycles. The first-order valence-corrected chi connectivity index (χ1v) is 12.2. The molecule has 4 rings (SSSR count). The number of benzene rings is 1. The molecular weight excluding hydrogens is 450 g/mol. The number of rotatable bonds is 7. The molecular formula is C26H27N3O4S. The average molecular weight is 478 g/mol. The number of thiophene rings is 1. The summed E-state index contributed by atoms with van der Waals surface area (Å²) >= 11 is 1.42. The minimum absolute atomic E-state index is 0.0946. The molecule has 1 aliphatic carbocycles. The molecule has 7 nitrogen and oxygen atoms in total. The second-order valence-corrected chi connectivity index (χ2v) is 9.17. The summed E-state index contributed by atoms with van der Waals surface area (Å²) in [4.78, 5) is 45.8. The van der Waals surface area contributed by atoms with Gasteiger partial charge in [0.05, 0.1) is 12.7 Å². The first-order chi connectivity index (χ1) is 16.6. The van der Waals surface area contributed by atoms with Gasteiger partial charge in [-0.25, -0.2) is 4.79 Å². The lowest BCUT2D eigenvalue weighted by molar-refractivity contribution is -0.123. The van der Waals surface area contributed by atoms with Crippen LogP contribution >= 0.6 is 11.3 Å². The number of methoxy groups -OCH3 is 1. The van der Waals surface area contributed by atoms with E-state index in [0.29, 0.717) is 11.3 Å². The molecule has 8 heteroatoms. The van der Waals surface area contributed by atoms with Crippen LogP contribution in [0, 0.1) is 0 Å². The van der Waals surface area contributed by atoms with Crippen LogP contribution < -0.4 is 10.2 Å². The normalized spacial score (nSPS) is 14.7. The Labute approximate surface area is 202 Å². The number of nitrogens with zero attached hydrogens (tertiary/aromatic N) is 2. The second-order valence-electron chi connectivity index (χ2n) is 8.19. The van der Waals surface area contributed by atoms with Crippen molar-refractivity contribution >= 4 is 34.8 Å². The Kier molecular flexibility index (Phi) is 7.69. The average Bonchev–Trinajstić information content (AvgIpc) is 3.42. The summed E-state index contributed by atoms with van der Waals surface area (Å²) in [6.45, 7) is 0. The van der Waals surface area contributed by atoms with Crippen molar-refractivity contribution in [2.75, 3.05) is 12.0 Å². The van der Waals surface area contributed by atoms with Crippen molar-refractivity contribution in [1.82, 2.24) is 10.3 Å². The molecule has 2 heterocycles. The molecule has 1 fully saturated rings. The van der Waals surface area contributed by atoms with Crippen molar-refractivity contribution < 1.29 is 19.1 Å². The molecule has 2 amide bonds. The van der Waals surface area contributed by atoms with E-state index in [-0.39, 0.29) is 17.6 Å². The van der Waals surface area contributed by atoms with Crippen LogP contribution in [-0.2, 0) is 9.53 Å². The molecule has 0 spiro atoms. The molecule has 1 atom stereocenters. The van der Waals surface area contributed by atoms with Gasteiger partial charge in [0, 0.05) is 22.8 Å². The van der Waals surface area contributed by atoms with E-state index in [4.69, 9.17) is 4.74 Å². The van der Waals surface area contributed by atoms with E-state index in [9.17, 15) is 14.4 Å². The maximum absolute atomic E-state index is 13.8. The number of ether oxygens (including phenoxy) is 1. The van der Waals surface area contributed by atoms with Gasteiger partial charge in [-0.2, -0.15) is 0 Å². The zero-order valence-corrected chi connectivity index (χ0v) is 19.8. The quantitative estimate of drug-likeness (QED) is 0.496. The molecule has 1 aliphatic rings. The smallest absolute Gasteiger partial charge is 0.337 e. The Bertz CT molecular complexity index is 1110. The highest BCUT2D eigenvalue weighted by Gasteiger charge is 2.35. The van der Waals surface area contributed by atoms with Gasteiger partial charge in [0.1, 0.15) is 5.69 Å². The Morgan fingerprint density at radius 1 is 1.03 bits per heavy atom. The fourth-order valence-corrected chi connectivity index (χ4v) is 5.03. The standard InChI is InChI=1S/C26H27N3O4S/c1-33-26(32)18-12-14-20(15-13-18)29(25(31)21-10-5-6-16-27-21)23(22-11-7-17-34-22)24(30)28-19-8-3-2-4-9-19/h5-7,10-17,19,23H,2-4,8-9H2,1H3,(H,28,30)/t23-/m1/s1. The maximum atomic E-state index is 13.8. The molecule has 0 bridgehead atoms. The topological polar surface area (TPSA) is 88.6 Å². The molecule has 3 aromatic rings. The van der Waals surface area contributed by atoms with Crippen LogP contribution in [0.15, 0.2) is 66.2 Å². The van der Waals surface area contributed by atoms with Gasteiger partial charge in [-0.15, -0.1) is 11.3 Å². The predicted octanol–water partition coefficient (Wildman–Crippen LogP) is 4.77.